The van der Waals surface area contributed by atoms with Crippen LogP contribution in [0.15, 0.2) is 12.4 Å². The van der Waals surface area contributed by atoms with E-state index in [1.165, 1.54) is 205 Å². The summed E-state index contributed by atoms with van der Waals surface area (Å²) in [6.45, 7) is 9.39. The molecule has 1 aromatic heterocycles. The van der Waals surface area contributed by atoms with Gasteiger partial charge in [0.2, 0.25) is 0 Å². The molecule has 0 aliphatic heterocycles. The molecule has 2 atom stereocenters. The molecular formula is C40H78N2. The largest absolute Gasteiger partial charge is 0.332 e. The Labute approximate surface area is 266 Å². The van der Waals surface area contributed by atoms with Crippen molar-refractivity contribution in [3.63, 3.8) is 0 Å². The summed E-state index contributed by atoms with van der Waals surface area (Å²) in [5.74, 6) is 2.07. The van der Waals surface area contributed by atoms with Gasteiger partial charge in [0.25, 0.3) is 0 Å². The van der Waals surface area contributed by atoms with E-state index in [1.807, 2.05) is 0 Å². The van der Waals surface area contributed by atoms with Crippen LogP contribution >= 0.6 is 0 Å². The fraction of sp³-hybridized carbons (Fsp3) is 0.925. The van der Waals surface area contributed by atoms with Crippen LogP contribution in [-0.2, 0) is 0 Å². The van der Waals surface area contributed by atoms with E-state index in [9.17, 15) is 0 Å². The zero-order valence-electron chi connectivity index (χ0n) is 29.6. The van der Waals surface area contributed by atoms with Crippen molar-refractivity contribution in [2.75, 3.05) is 0 Å². The van der Waals surface area contributed by atoms with Crippen molar-refractivity contribution < 1.29 is 0 Å². The summed E-state index contributed by atoms with van der Waals surface area (Å²) >= 11 is 0. The van der Waals surface area contributed by atoms with E-state index in [2.05, 4.69) is 44.7 Å². The van der Waals surface area contributed by atoms with Crippen molar-refractivity contribution in [1.29, 1.82) is 0 Å². The Balaban J connectivity index is 2.39. The van der Waals surface area contributed by atoms with Crippen molar-refractivity contribution in [3.8, 4) is 0 Å². The molecule has 0 spiro atoms. The normalized spacial score (nSPS) is 13.1. The number of aromatic nitrogens is 2. The van der Waals surface area contributed by atoms with E-state index >= 15 is 0 Å². The number of hydrogen-bond donors (Lipinski definition) is 0. The van der Waals surface area contributed by atoms with Gasteiger partial charge < -0.3 is 4.57 Å². The molecule has 2 unspecified atom stereocenters. The summed E-state index contributed by atoms with van der Waals surface area (Å²) in [6, 6.07) is 0.588. The molecular weight excluding hydrogens is 508 g/mol. The van der Waals surface area contributed by atoms with Gasteiger partial charge in [-0.2, -0.15) is 0 Å². The molecule has 42 heavy (non-hydrogen) atoms. The average molecular weight is 587 g/mol. The van der Waals surface area contributed by atoms with Crippen LogP contribution in [0.5, 0.6) is 0 Å². The first-order valence-corrected chi connectivity index (χ1v) is 19.8. The molecule has 2 heteroatoms. The Morgan fingerprint density at radius 2 is 0.762 bits per heavy atom. The second-order valence-corrected chi connectivity index (χ2v) is 13.9. The molecule has 1 rings (SSSR count). The van der Waals surface area contributed by atoms with Crippen LogP contribution in [0.2, 0.25) is 0 Å². The summed E-state index contributed by atoms with van der Waals surface area (Å²) in [4.78, 5) is 5.01. The number of imidazole rings is 1. The van der Waals surface area contributed by atoms with Gasteiger partial charge in [-0.3, -0.25) is 0 Å². The van der Waals surface area contributed by atoms with Crippen molar-refractivity contribution in [2.24, 2.45) is 0 Å². The Kier molecular flexibility index (Phi) is 28.3. The number of nitrogens with zero attached hydrogens (tertiary/aromatic N) is 2. The Hall–Kier alpha value is -0.790. The first kappa shape index (κ1) is 39.2. The molecule has 0 amide bonds. The van der Waals surface area contributed by atoms with Gasteiger partial charge in [-0.05, 0) is 26.2 Å². The predicted octanol–water partition coefficient (Wildman–Crippen LogP) is 14.7. The topological polar surface area (TPSA) is 17.8 Å². The third-order valence-electron chi connectivity index (χ3n) is 9.83. The SMILES string of the molecule is CCCCCCCCCCCCCCC(C)n1ccnc1C(CCCCCCCCC)CCCCCCCCCCC. The number of hydrogen-bond acceptors (Lipinski definition) is 1. The van der Waals surface area contributed by atoms with Crippen LogP contribution in [-0.4, -0.2) is 9.55 Å². The lowest BCUT2D eigenvalue weighted by molar-refractivity contribution is 0.412. The second-order valence-electron chi connectivity index (χ2n) is 13.9. The summed E-state index contributed by atoms with van der Waals surface area (Å²) in [6.07, 6.45) is 48.2. The highest BCUT2D eigenvalue weighted by Crippen LogP contribution is 2.31. The van der Waals surface area contributed by atoms with E-state index < -0.39 is 0 Å². The first-order valence-electron chi connectivity index (χ1n) is 19.8. The molecule has 1 aromatic rings. The third kappa shape index (κ3) is 21.8. The molecule has 0 bridgehead atoms. The molecule has 0 aliphatic rings. The van der Waals surface area contributed by atoms with Gasteiger partial charge in [0.05, 0.1) is 0 Å². The van der Waals surface area contributed by atoms with Gasteiger partial charge in [0.1, 0.15) is 5.82 Å². The highest BCUT2D eigenvalue weighted by atomic mass is 15.1. The predicted molar refractivity (Wildman–Crippen MR) is 190 cm³/mol. The van der Waals surface area contributed by atoms with Crippen molar-refractivity contribution in [3.05, 3.63) is 18.2 Å². The van der Waals surface area contributed by atoms with E-state index in [0.29, 0.717) is 12.0 Å². The van der Waals surface area contributed by atoms with Crippen molar-refractivity contribution >= 4 is 0 Å². The van der Waals surface area contributed by atoms with E-state index in [1.54, 1.807) is 0 Å². The fourth-order valence-corrected chi connectivity index (χ4v) is 6.89. The van der Waals surface area contributed by atoms with E-state index in [-0.39, 0.29) is 0 Å². The Bertz CT molecular complexity index is 650. The summed E-state index contributed by atoms with van der Waals surface area (Å²) < 4.78 is 2.58. The molecule has 2 nitrogen and oxygen atoms in total. The quantitative estimate of drug-likeness (QED) is 0.0749. The van der Waals surface area contributed by atoms with Gasteiger partial charge in [-0.25, -0.2) is 4.98 Å². The zero-order chi connectivity index (χ0) is 30.4. The van der Waals surface area contributed by atoms with Crippen LogP contribution in [0.1, 0.15) is 245 Å². The maximum Gasteiger partial charge on any atom is 0.111 e. The summed E-state index contributed by atoms with van der Waals surface area (Å²) in [7, 11) is 0. The highest BCUT2D eigenvalue weighted by Gasteiger charge is 2.19. The summed E-state index contributed by atoms with van der Waals surface area (Å²) in [5, 5.41) is 0. The monoisotopic (exact) mass is 587 g/mol. The van der Waals surface area contributed by atoms with Crippen LogP contribution in [0, 0.1) is 0 Å². The minimum atomic E-state index is 0.588. The number of unbranched alkanes of at least 4 members (excludes halogenated alkanes) is 25. The average Bonchev–Trinajstić information content (AvgIpc) is 3.49. The van der Waals surface area contributed by atoms with Crippen molar-refractivity contribution in [2.45, 2.75) is 239 Å². The summed E-state index contributed by atoms with van der Waals surface area (Å²) in [5.41, 5.74) is 0. The molecule has 0 saturated heterocycles. The Morgan fingerprint density at radius 3 is 1.12 bits per heavy atom. The maximum atomic E-state index is 5.01. The lowest BCUT2D eigenvalue weighted by Gasteiger charge is -2.22. The van der Waals surface area contributed by atoms with Gasteiger partial charge in [-0.15, -0.1) is 0 Å². The lowest BCUT2D eigenvalue weighted by atomic mass is 9.92. The molecule has 1 heterocycles. The van der Waals surface area contributed by atoms with Gasteiger partial charge in [-0.1, -0.05) is 201 Å². The van der Waals surface area contributed by atoms with Crippen LogP contribution in [0.25, 0.3) is 0 Å². The molecule has 0 fully saturated rings. The number of rotatable bonds is 33. The lowest BCUT2D eigenvalue weighted by Crippen LogP contribution is -2.13. The zero-order valence-corrected chi connectivity index (χ0v) is 29.6. The highest BCUT2D eigenvalue weighted by molar-refractivity contribution is 5.02. The molecule has 0 aliphatic carbocycles. The van der Waals surface area contributed by atoms with Gasteiger partial charge in [0, 0.05) is 24.4 Å². The van der Waals surface area contributed by atoms with Crippen molar-refractivity contribution in [1.82, 2.24) is 9.55 Å². The molecule has 248 valence electrons. The van der Waals surface area contributed by atoms with Gasteiger partial charge >= 0.3 is 0 Å². The minimum Gasteiger partial charge on any atom is -0.332 e. The van der Waals surface area contributed by atoms with Crippen LogP contribution in [0.4, 0.5) is 0 Å². The van der Waals surface area contributed by atoms with E-state index in [0.717, 1.165) is 0 Å². The molecule has 0 N–H and O–H groups in total. The minimum absolute atomic E-state index is 0.588. The molecule has 0 aromatic carbocycles. The second kappa shape index (κ2) is 30.2. The van der Waals surface area contributed by atoms with Crippen LogP contribution < -0.4 is 0 Å². The Morgan fingerprint density at radius 1 is 0.452 bits per heavy atom. The first-order chi connectivity index (χ1) is 20.7. The van der Waals surface area contributed by atoms with Crippen LogP contribution in [0.3, 0.4) is 0 Å². The fourth-order valence-electron chi connectivity index (χ4n) is 6.89. The standard InChI is InChI=1S/C40H78N2/c1-5-8-11-14-17-19-20-21-23-25-27-30-33-38(4)42-37-36-41-40(42)39(34-31-28-24-16-13-10-7-3)35-32-29-26-22-18-15-12-9-6-2/h36-39H,5-35H2,1-4H3. The molecule has 0 saturated carbocycles. The molecule has 0 radical (unpaired) electrons. The maximum absolute atomic E-state index is 5.01. The van der Waals surface area contributed by atoms with Gasteiger partial charge in [0.15, 0.2) is 0 Å². The van der Waals surface area contributed by atoms with E-state index in [4.69, 9.17) is 4.98 Å². The smallest absolute Gasteiger partial charge is 0.111 e. The third-order valence-corrected chi connectivity index (χ3v) is 9.83.